The molecule has 0 atom stereocenters. The van der Waals surface area contributed by atoms with Crippen LogP contribution in [-0.4, -0.2) is 17.2 Å². The van der Waals surface area contributed by atoms with Crippen LogP contribution in [0.2, 0.25) is 0 Å². The number of para-hydroxylation sites is 3. The molecule has 5 aliphatic rings. The predicted molar refractivity (Wildman–Crippen MR) is 257 cm³/mol. The van der Waals surface area contributed by atoms with E-state index in [1.54, 1.807) is 11.1 Å². The lowest BCUT2D eigenvalue weighted by Gasteiger charge is -2.63. The van der Waals surface area contributed by atoms with Gasteiger partial charge in [0.1, 0.15) is 0 Å². The third-order valence-electron chi connectivity index (χ3n) is 16.2. The fraction of sp³-hybridized carbons (Fsp3) is 0.172. The number of nitrogens with zero attached hydrogens (tertiary/aromatic N) is 2. The average Bonchev–Trinajstić information content (AvgIpc) is 3.83. The molecular weight excluding hydrogens is 753 g/mol. The summed E-state index contributed by atoms with van der Waals surface area (Å²) in [4.78, 5) is 0. The van der Waals surface area contributed by atoms with Crippen LogP contribution in [0, 0.1) is 23.7 Å². The van der Waals surface area contributed by atoms with Crippen molar-refractivity contribution >= 4 is 72.4 Å². The molecule has 0 N–H and O–H groups in total. The third-order valence-corrected chi connectivity index (χ3v) is 21.0. The van der Waals surface area contributed by atoms with Crippen LogP contribution < -0.4 is 20.7 Å². The molecule has 292 valence electrons. The summed E-state index contributed by atoms with van der Waals surface area (Å²) in [6.07, 6.45) is 7.03. The first-order chi connectivity index (χ1) is 30.2. The highest BCUT2D eigenvalue weighted by molar-refractivity contribution is 7.20. The van der Waals surface area contributed by atoms with Crippen LogP contribution in [0.1, 0.15) is 43.2 Å². The van der Waals surface area contributed by atoms with Crippen LogP contribution in [0.5, 0.6) is 0 Å². The van der Waals surface area contributed by atoms with Gasteiger partial charge >= 0.3 is 0 Å². The second-order valence-corrected chi connectivity index (χ2v) is 22.7. The zero-order valence-electron chi connectivity index (χ0n) is 34.2. The van der Waals surface area contributed by atoms with Crippen LogP contribution >= 0.6 is 0 Å². The lowest BCUT2D eigenvalue weighted by Crippen LogP contribution is -2.74. The molecule has 61 heavy (non-hydrogen) atoms. The minimum atomic E-state index is -2.75. The van der Waals surface area contributed by atoms with Gasteiger partial charge in [0.05, 0.1) is 27.8 Å². The zero-order chi connectivity index (χ0) is 39.9. The van der Waals surface area contributed by atoms with E-state index in [0.717, 1.165) is 23.7 Å². The van der Waals surface area contributed by atoms with Crippen molar-refractivity contribution in [3.05, 3.63) is 205 Å². The van der Waals surface area contributed by atoms with Gasteiger partial charge in [0, 0.05) is 32.6 Å². The van der Waals surface area contributed by atoms with Gasteiger partial charge in [0.15, 0.2) is 8.07 Å². The number of rotatable bonds is 5. The van der Waals surface area contributed by atoms with E-state index in [9.17, 15) is 0 Å². The summed E-state index contributed by atoms with van der Waals surface area (Å²) in [6, 6.07) is 74.6. The molecule has 4 bridgehead atoms. The molecule has 4 aliphatic carbocycles. The van der Waals surface area contributed by atoms with E-state index in [-0.39, 0.29) is 5.41 Å². The summed E-state index contributed by atoms with van der Waals surface area (Å²) in [5, 5.41) is 10.9. The Bertz CT molecular complexity index is 3250. The monoisotopic (exact) mass is 798 g/mol. The van der Waals surface area contributed by atoms with Gasteiger partial charge < -0.3 is 9.13 Å². The van der Waals surface area contributed by atoms with Crippen molar-refractivity contribution < 1.29 is 0 Å². The largest absolute Gasteiger partial charge is 0.309 e. The lowest BCUT2D eigenvalue weighted by atomic mass is 9.41. The molecule has 10 aromatic rings. The van der Waals surface area contributed by atoms with Gasteiger partial charge in [-0.3, -0.25) is 0 Å². The van der Waals surface area contributed by atoms with Crippen molar-refractivity contribution in [1.82, 2.24) is 9.13 Å². The minimum absolute atomic E-state index is 0.104. The van der Waals surface area contributed by atoms with Gasteiger partial charge in [-0.25, -0.2) is 0 Å². The minimum Gasteiger partial charge on any atom is -0.309 e. The number of aromatic nitrogens is 2. The van der Waals surface area contributed by atoms with Gasteiger partial charge in [-0.2, -0.15) is 0 Å². The number of benzene rings is 8. The molecule has 2 nitrogen and oxygen atoms in total. The molecule has 4 saturated carbocycles. The van der Waals surface area contributed by atoms with Crippen molar-refractivity contribution in [2.45, 2.75) is 37.5 Å². The molecule has 4 fully saturated rings. The van der Waals surface area contributed by atoms with Crippen LogP contribution in [0.4, 0.5) is 0 Å². The van der Waals surface area contributed by atoms with E-state index in [1.165, 1.54) is 108 Å². The molecule has 8 aromatic carbocycles. The Morgan fingerprint density at radius 2 is 0.934 bits per heavy atom. The quantitative estimate of drug-likeness (QED) is 0.121. The van der Waals surface area contributed by atoms with Crippen molar-refractivity contribution in [2.24, 2.45) is 23.7 Å². The fourth-order valence-electron chi connectivity index (χ4n) is 14.3. The standard InChI is InChI=1S/C58H46N2Si/c1-4-15-43(16-5-1)61(44-17-6-2-7-18-44,45-19-8-3-9-20-45)46-28-29-48-47-21-10-12-25-53(47)59(56(48)37-46)42-27-30-54-50(36-42)49-22-14-24-52-57(49)60(54)55-26-13-11-23-51(55)58(52)40-32-38-31-39(34-40)35-41(58)33-38/h1-30,36-41H,31-35H2. The Hall–Kier alpha value is -6.42. The second kappa shape index (κ2) is 12.6. The first-order valence-electron chi connectivity index (χ1n) is 22.6. The van der Waals surface area contributed by atoms with Gasteiger partial charge in [0.2, 0.25) is 0 Å². The highest BCUT2D eigenvalue weighted by Crippen LogP contribution is 2.68. The Morgan fingerprint density at radius 3 is 1.62 bits per heavy atom. The zero-order valence-corrected chi connectivity index (χ0v) is 35.2. The number of fused-ring (bicyclic) bond motifs is 8. The van der Waals surface area contributed by atoms with E-state index in [4.69, 9.17) is 0 Å². The Morgan fingerprint density at radius 1 is 0.377 bits per heavy atom. The van der Waals surface area contributed by atoms with Crippen molar-refractivity contribution in [3.63, 3.8) is 0 Å². The smallest absolute Gasteiger partial charge is 0.179 e. The maximum atomic E-state index is 2.65. The Balaban J connectivity index is 1.04. The molecule has 0 amide bonds. The normalized spacial score (nSPS) is 22.5. The molecule has 0 radical (unpaired) electrons. The van der Waals surface area contributed by atoms with Crippen molar-refractivity contribution in [3.8, 4) is 11.4 Å². The molecule has 1 aliphatic heterocycles. The molecule has 15 rings (SSSR count). The highest BCUT2D eigenvalue weighted by Gasteiger charge is 2.61. The number of hydrogen-bond donors (Lipinski definition) is 0. The topological polar surface area (TPSA) is 9.86 Å². The predicted octanol–water partition coefficient (Wildman–Crippen LogP) is 11.3. The molecular formula is C58H46N2Si. The summed E-state index contributed by atoms with van der Waals surface area (Å²) in [5.41, 5.74) is 11.2. The molecule has 1 spiro atoms. The van der Waals surface area contributed by atoms with Gasteiger partial charge in [-0.1, -0.05) is 158 Å². The Kier molecular flexibility index (Phi) is 7.07. The molecule has 3 heterocycles. The van der Waals surface area contributed by atoms with Crippen LogP contribution in [0.3, 0.4) is 0 Å². The van der Waals surface area contributed by atoms with E-state index in [0.29, 0.717) is 0 Å². The molecule has 0 unspecified atom stereocenters. The summed E-state index contributed by atoms with van der Waals surface area (Å²) < 4.78 is 5.21. The average molecular weight is 799 g/mol. The summed E-state index contributed by atoms with van der Waals surface area (Å²) in [6.45, 7) is 0. The van der Waals surface area contributed by atoms with Gasteiger partial charge in [-0.15, -0.1) is 0 Å². The fourth-order valence-corrected chi connectivity index (χ4v) is 19.1. The molecule has 0 saturated heterocycles. The summed E-state index contributed by atoms with van der Waals surface area (Å²) in [5.74, 6) is 3.29. The van der Waals surface area contributed by atoms with E-state index >= 15 is 0 Å². The Labute approximate surface area is 357 Å². The van der Waals surface area contributed by atoms with Gasteiger partial charge in [0.25, 0.3) is 0 Å². The first-order valence-corrected chi connectivity index (χ1v) is 24.6. The lowest BCUT2D eigenvalue weighted by molar-refractivity contribution is -0.0418. The second-order valence-electron chi connectivity index (χ2n) is 18.9. The molecule has 3 heteroatoms. The van der Waals surface area contributed by atoms with E-state index in [1.807, 2.05) is 0 Å². The summed E-state index contributed by atoms with van der Waals surface area (Å²) >= 11 is 0. The number of hydrogen-bond acceptors (Lipinski definition) is 0. The highest BCUT2D eigenvalue weighted by atomic mass is 28.3. The van der Waals surface area contributed by atoms with E-state index in [2.05, 4.69) is 203 Å². The first kappa shape index (κ1) is 34.3. The summed E-state index contributed by atoms with van der Waals surface area (Å²) in [7, 11) is -2.75. The molecule has 2 aromatic heterocycles. The van der Waals surface area contributed by atoms with Crippen molar-refractivity contribution in [2.75, 3.05) is 0 Å². The maximum absolute atomic E-state index is 2.75. The maximum Gasteiger partial charge on any atom is 0.179 e. The van der Waals surface area contributed by atoms with E-state index < -0.39 is 8.07 Å². The van der Waals surface area contributed by atoms with Crippen molar-refractivity contribution in [1.29, 1.82) is 0 Å². The van der Waals surface area contributed by atoms with Crippen LogP contribution in [0.25, 0.3) is 55.0 Å². The van der Waals surface area contributed by atoms with Gasteiger partial charge in [-0.05, 0) is 124 Å². The van der Waals surface area contributed by atoms with Crippen LogP contribution in [0.15, 0.2) is 194 Å². The third kappa shape index (κ3) is 4.42. The van der Waals surface area contributed by atoms with Crippen LogP contribution in [-0.2, 0) is 5.41 Å². The SMILES string of the molecule is c1ccc([Si](c2ccccc2)(c2ccccc2)c2ccc3c4ccccc4n(-c4ccc5c(c4)c4cccc6c4n5-c4ccccc4C64C5CC6CC(C5)CC4C6)c3c2)cc1.